The van der Waals surface area contributed by atoms with E-state index in [4.69, 9.17) is 0 Å². The summed E-state index contributed by atoms with van der Waals surface area (Å²) in [7, 11) is 0. The monoisotopic (exact) mass is 735 g/mol. The van der Waals surface area contributed by atoms with Crippen LogP contribution in [0.15, 0.2) is 176 Å². The van der Waals surface area contributed by atoms with Gasteiger partial charge in [0.2, 0.25) is 0 Å². The molecule has 0 bridgehead atoms. The number of hydrogen-bond acceptors (Lipinski definition) is 2. The topological polar surface area (TPSA) is 3.24 Å². The molecule has 2 heteroatoms. The fourth-order valence-electron chi connectivity index (χ4n) is 9.92. The number of thiophene rings is 1. The van der Waals surface area contributed by atoms with Crippen molar-refractivity contribution in [1.82, 2.24) is 0 Å². The standard InChI is InChI=1S/C54H41NS/c1-53(2)47-20-8-5-13-41(47)43-32-31-38(33-49(43)53)55(37-29-25-35(26-30-37)40-17-12-19-46-44-15-7-10-22-50(44)56-52(40)46)36-27-23-34(24-28-36)39-16-11-18-45-42-14-6-9-21-48(42)54(3,4)51(39)45/h5-33H,1-4H3. The van der Waals surface area contributed by atoms with Gasteiger partial charge in [0.25, 0.3) is 0 Å². The van der Waals surface area contributed by atoms with Crippen molar-refractivity contribution in [3.8, 4) is 44.5 Å². The van der Waals surface area contributed by atoms with Crippen LogP contribution < -0.4 is 4.90 Å². The zero-order valence-electron chi connectivity index (χ0n) is 32.1. The molecule has 0 saturated heterocycles. The Labute approximate surface area is 333 Å². The summed E-state index contributed by atoms with van der Waals surface area (Å²) in [5, 5.41) is 2.66. The van der Waals surface area contributed by atoms with Crippen molar-refractivity contribution in [3.63, 3.8) is 0 Å². The second kappa shape index (κ2) is 12.1. The van der Waals surface area contributed by atoms with Crippen LogP contribution in [0.5, 0.6) is 0 Å². The number of anilines is 3. The van der Waals surface area contributed by atoms with E-state index in [-0.39, 0.29) is 10.8 Å². The lowest BCUT2D eigenvalue weighted by Crippen LogP contribution is -2.16. The van der Waals surface area contributed by atoms with Crippen LogP contribution >= 0.6 is 11.3 Å². The summed E-state index contributed by atoms with van der Waals surface area (Å²) in [6.45, 7) is 9.47. The summed E-state index contributed by atoms with van der Waals surface area (Å²) in [6.07, 6.45) is 0. The van der Waals surface area contributed by atoms with E-state index in [1.54, 1.807) is 0 Å². The highest BCUT2D eigenvalue weighted by atomic mass is 32.1. The Morgan fingerprint density at radius 3 is 1.61 bits per heavy atom. The first-order valence-electron chi connectivity index (χ1n) is 19.7. The molecule has 8 aromatic carbocycles. The van der Waals surface area contributed by atoms with Gasteiger partial charge in [0.1, 0.15) is 0 Å². The molecule has 268 valence electrons. The fraction of sp³-hybridized carbons (Fsp3) is 0.111. The highest BCUT2D eigenvalue weighted by Crippen LogP contribution is 2.53. The average molecular weight is 736 g/mol. The van der Waals surface area contributed by atoms with E-state index in [1.807, 2.05) is 11.3 Å². The molecule has 0 N–H and O–H groups in total. The molecule has 0 spiro atoms. The van der Waals surface area contributed by atoms with Crippen LogP contribution in [0.4, 0.5) is 17.1 Å². The molecule has 1 nitrogen and oxygen atoms in total. The third-order valence-electron chi connectivity index (χ3n) is 12.7. The maximum Gasteiger partial charge on any atom is 0.0465 e. The highest BCUT2D eigenvalue weighted by Gasteiger charge is 2.38. The van der Waals surface area contributed by atoms with E-state index in [1.165, 1.54) is 86.9 Å². The van der Waals surface area contributed by atoms with Crippen LogP contribution in [0.25, 0.3) is 64.7 Å². The van der Waals surface area contributed by atoms with Gasteiger partial charge in [-0.25, -0.2) is 0 Å². The normalized spacial score (nSPS) is 14.4. The number of benzene rings is 8. The van der Waals surface area contributed by atoms with Gasteiger partial charge in [-0.1, -0.05) is 161 Å². The molecule has 1 heterocycles. The van der Waals surface area contributed by atoms with Crippen molar-refractivity contribution in [3.05, 3.63) is 198 Å². The lowest BCUT2D eigenvalue weighted by molar-refractivity contribution is 0.660. The summed E-state index contributed by atoms with van der Waals surface area (Å²) < 4.78 is 2.67. The van der Waals surface area contributed by atoms with Crippen molar-refractivity contribution in [1.29, 1.82) is 0 Å². The molecule has 0 amide bonds. The Hall–Kier alpha value is -6.22. The first-order valence-corrected chi connectivity index (χ1v) is 20.5. The molecule has 0 radical (unpaired) electrons. The minimum atomic E-state index is -0.0949. The van der Waals surface area contributed by atoms with Crippen molar-refractivity contribution in [2.24, 2.45) is 0 Å². The largest absolute Gasteiger partial charge is 0.310 e. The van der Waals surface area contributed by atoms with Gasteiger partial charge in [-0.05, 0) is 109 Å². The summed E-state index contributed by atoms with van der Waals surface area (Å²) in [5.41, 5.74) is 19.3. The Kier molecular flexibility index (Phi) is 7.18. The quantitative estimate of drug-likeness (QED) is 0.170. The van der Waals surface area contributed by atoms with E-state index < -0.39 is 0 Å². The SMILES string of the molecule is CC1(C)c2ccccc2-c2ccc(N(c3ccc(-c4cccc5c4C(C)(C)c4ccccc4-5)cc3)c3ccc(-c4cccc5c4sc4ccccc45)cc3)cc21. The van der Waals surface area contributed by atoms with Crippen LogP contribution in [0.2, 0.25) is 0 Å². The first-order chi connectivity index (χ1) is 27.3. The molecule has 0 aliphatic heterocycles. The molecule has 0 atom stereocenters. The number of rotatable bonds is 5. The molecule has 0 fully saturated rings. The second-order valence-electron chi connectivity index (χ2n) is 16.5. The van der Waals surface area contributed by atoms with Gasteiger partial charge in [0, 0.05) is 48.1 Å². The van der Waals surface area contributed by atoms with Gasteiger partial charge >= 0.3 is 0 Å². The van der Waals surface area contributed by atoms with Gasteiger partial charge in [-0.15, -0.1) is 11.3 Å². The van der Waals surface area contributed by atoms with E-state index in [0.717, 1.165) is 17.1 Å². The van der Waals surface area contributed by atoms with Crippen LogP contribution in [0.3, 0.4) is 0 Å². The predicted molar refractivity (Wildman–Crippen MR) is 240 cm³/mol. The Balaban J connectivity index is 1.03. The number of fused-ring (bicyclic) bond motifs is 9. The molecule has 0 unspecified atom stereocenters. The van der Waals surface area contributed by atoms with E-state index >= 15 is 0 Å². The van der Waals surface area contributed by atoms with Crippen LogP contribution in [-0.4, -0.2) is 0 Å². The molecule has 2 aliphatic rings. The van der Waals surface area contributed by atoms with Gasteiger partial charge in [-0.3, -0.25) is 0 Å². The van der Waals surface area contributed by atoms with Crippen molar-refractivity contribution in [2.75, 3.05) is 4.90 Å². The molecule has 0 saturated carbocycles. The smallest absolute Gasteiger partial charge is 0.0465 e. The molecule has 9 aromatic rings. The molecule has 56 heavy (non-hydrogen) atoms. The average Bonchev–Trinajstić information content (AvgIpc) is 3.81. The van der Waals surface area contributed by atoms with Gasteiger partial charge < -0.3 is 4.90 Å². The first kappa shape index (κ1) is 33.1. The zero-order valence-corrected chi connectivity index (χ0v) is 32.9. The maximum absolute atomic E-state index is 2.43. The summed E-state index contributed by atoms with van der Waals surface area (Å²) in [4.78, 5) is 2.43. The molecule has 11 rings (SSSR count). The Morgan fingerprint density at radius 1 is 0.375 bits per heavy atom. The van der Waals surface area contributed by atoms with Crippen LogP contribution in [0.1, 0.15) is 49.9 Å². The third-order valence-corrected chi connectivity index (χ3v) is 13.9. The zero-order chi connectivity index (χ0) is 37.8. The minimum Gasteiger partial charge on any atom is -0.310 e. The fourth-order valence-corrected chi connectivity index (χ4v) is 11.2. The summed E-state index contributed by atoms with van der Waals surface area (Å²) in [6, 6.07) is 65.6. The predicted octanol–water partition coefficient (Wildman–Crippen LogP) is 15.5. The molecular formula is C54H41NS. The molecule has 2 aliphatic carbocycles. The van der Waals surface area contributed by atoms with Gasteiger partial charge in [0.05, 0.1) is 0 Å². The lowest BCUT2D eigenvalue weighted by atomic mass is 9.79. The van der Waals surface area contributed by atoms with Crippen molar-refractivity contribution in [2.45, 2.75) is 38.5 Å². The summed E-state index contributed by atoms with van der Waals surface area (Å²) >= 11 is 1.89. The molecular weight excluding hydrogens is 695 g/mol. The van der Waals surface area contributed by atoms with E-state index in [2.05, 4.69) is 209 Å². The van der Waals surface area contributed by atoms with Gasteiger partial charge in [-0.2, -0.15) is 0 Å². The van der Waals surface area contributed by atoms with Crippen molar-refractivity contribution < 1.29 is 0 Å². The third kappa shape index (κ3) is 4.79. The van der Waals surface area contributed by atoms with E-state index in [0.29, 0.717) is 0 Å². The highest BCUT2D eigenvalue weighted by molar-refractivity contribution is 7.26. The van der Waals surface area contributed by atoms with Gasteiger partial charge in [0.15, 0.2) is 0 Å². The van der Waals surface area contributed by atoms with Crippen LogP contribution in [0, 0.1) is 0 Å². The lowest BCUT2D eigenvalue weighted by Gasteiger charge is -2.29. The second-order valence-corrected chi connectivity index (χ2v) is 17.6. The van der Waals surface area contributed by atoms with Crippen LogP contribution in [-0.2, 0) is 10.8 Å². The molecule has 1 aromatic heterocycles. The minimum absolute atomic E-state index is 0.0794. The van der Waals surface area contributed by atoms with Crippen molar-refractivity contribution >= 4 is 48.6 Å². The summed E-state index contributed by atoms with van der Waals surface area (Å²) in [5.74, 6) is 0. The Bertz CT molecular complexity index is 3010. The number of nitrogens with zero attached hydrogens (tertiary/aromatic N) is 1. The Morgan fingerprint density at radius 2 is 0.875 bits per heavy atom. The number of hydrogen-bond donors (Lipinski definition) is 0. The van der Waals surface area contributed by atoms with E-state index in [9.17, 15) is 0 Å². The maximum atomic E-state index is 2.43.